The summed E-state index contributed by atoms with van der Waals surface area (Å²) in [6.45, 7) is 2.22. The lowest BCUT2D eigenvalue weighted by Gasteiger charge is -2.26. The van der Waals surface area contributed by atoms with Gasteiger partial charge in [-0.1, -0.05) is 29.8 Å². The minimum Gasteiger partial charge on any atom is -0.317 e. The fourth-order valence-electron chi connectivity index (χ4n) is 3.06. The second-order valence-corrected chi connectivity index (χ2v) is 6.34. The second-order valence-electron chi connectivity index (χ2n) is 5.94. The zero-order valence-electron chi connectivity index (χ0n) is 13.5. The smallest absolute Gasteiger partial charge is 0.317 e. The van der Waals surface area contributed by atoms with Crippen LogP contribution in [0.15, 0.2) is 48.5 Å². The molecule has 0 spiro atoms. The molecule has 0 bridgehead atoms. The predicted octanol–water partition coefficient (Wildman–Crippen LogP) is 4.91. The Bertz CT molecular complexity index is 758. The molecule has 2 aromatic rings. The van der Waals surface area contributed by atoms with E-state index in [-0.39, 0.29) is 17.9 Å². The van der Waals surface area contributed by atoms with Crippen LogP contribution in [0.5, 0.6) is 0 Å². The number of benzene rings is 2. The number of rotatable bonds is 3. The van der Waals surface area contributed by atoms with Crippen LogP contribution in [-0.4, -0.2) is 23.3 Å². The molecule has 1 unspecified atom stereocenters. The molecule has 2 amide bonds. The van der Waals surface area contributed by atoms with Gasteiger partial charge in [-0.15, -0.1) is 0 Å². The number of nitrogens with one attached hydrogen (secondary N) is 1. The van der Waals surface area contributed by atoms with Crippen LogP contribution in [0, 0.1) is 0 Å². The molecule has 0 radical (unpaired) electrons. The highest BCUT2D eigenvalue weighted by Gasteiger charge is 2.31. The number of Topliss-reactive ketones (excluding diaryl/α,β-unsaturated/α-hetero) is 1. The van der Waals surface area contributed by atoms with Crippen molar-refractivity contribution in [2.45, 2.75) is 25.8 Å². The molecule has 1 aliphatic heterocycles. The van der Waals surface area contributed by atoms with Crippen LogP contribution >= 0.6 is 11.6 Å². The van der Waals surface area contributed by atoms with Crippen molar-refractivity contribution in [3.05, 3.63) is 64.7 Å². The first kappa shape index (κ1) is 16.5. The number of nitrogens with zero attached hydrogens (tertiary/aromatic N) is 1. The van der Waals surface area contributed by atoms with E-state index in [4.69, 9.17) is 11.6 Å². The van der Waals surface area contributed by atoms with Gasteiger partial charge in [0.05, 0.1) is 6.04 Å². The van der Waals surface area contributed by atoms with Gasteiger partial charge in [0.25, 0.3) is 0 Å². The van der Waals surface area contributed by atoms with Gasteiger partial charge in [-0.3, -0.25) is 4.79 Å². The SMILES string of the molecule is CC(=O)c1ccc(NC(=O)N2CCCC2c2ccccc2Cl)cc1. The number of amides is 2. The van der Waals surface area contributed by atoms with Gasteiger partial charge in [0, 0.05) is 22.8 Å². The molecule has 0 aromatic heterocycles. The molecule has 3 rings (SSSR count). The zero-order valence-corrected chi connectivity index (χ0v) is 14.2. The predicted molar refractivity (Wildman–Crippen MR) is 95.6 cm³/mol. The summed E-state index contributed by atoms with van der Waals surface area (Å²) in [6.07, 6.45) is 1.85. The molecule has 124 valence electrons. The highest BCUT2D eigenvalue weighted by Crippen LogP contribution is 2.35. The number of anilines is 1. The van der Waals surface area contributed by atoms with E-state index in [1.807, 2.05) is 29.2 Å². The van der Waals surface area contributed by atoms with Crippen molar-refractivity contribution in [2.24, 2.45) is 0 Å². The standard InChI is InChI=1S/C19H19ClN2O2/c1-13(23)14-8-10-15(11-9-14)21-19(24)22-12-4-7-18(22)16-5-2-3-6-17(16)20/h2-3,5-6,8-11,18H,4,7,12H2,1H3,(H,21,24). The average molecular weight is 343 g/mol. The Morgan fingerprint density at radius 1 is 1.12 bits per heavy atom. The zero-order chi connectivity index (χ0) is 17.1. The average Bonchev–Trinajstić information content (AvgIpc) is 3.05. The van der Waals surface area contributed by atoms with Gasteiger partial charge in [-0.25, -0.2) is 4.79 Å². The quantitative estimate of drug-likeness (QED) is 0.805. The van der Waals surface area contributed by atoms with Gasteiger partial charge in [-0.2, -0.15) is 0 Å². The molecule has 1 heterocycles. The topological polar surface area (TPSA) is 49.4 Å². The Kier molecular flexibility index (Phi) is 4.86. The van der Waals surface area contributed by atoms with Crippen LogP contribution in [-0.2, 0) is 0 Å². The number of hydrogen-bond donors (Lipinski definition) is 1. The lowest BCUT2D eigenvalue weighted by atomic mass is 10.0. The van der Waals surface area contributed by atoms with E-state index < -0.39 is 0 Å². The number of halogens is 1. The fraction of sp³-hybridized carbons (Fsp3) is 0.263. The Labute approximate surface area is 146 Å². The number of ketones is 1. The summed E-state index contributed by atoms with van der Waals surface area (Å²) in [5.74, 6) is 0.00574. The first-order valence-corrected chi connectivity index (χ1v) is 8.37. The maximum absolute atomic E-state index is 12.6. The summed E-state index contributed by atoms with van der Waals surface area (Å²) >= 11 is 6.29. The monoisotopic (exact) mass is 342 g/mol. The van der Waals surface area contributed by atoms with Gasteiger partial charge in [0.1, 0.15) is 0 Å². The van der Waals surface area contributed by atoms with Crippen molar-refractivity contribution in [1.82, 2.24) is 4.90 Å². The van der Waals surface area contributed by atoms with E-state index in [9.17, 15) is 9.59 Å². The molecule has 0 saturated carbocycles. The van der Waals surface area contributed by atoms with Gasteiger partial charge in [0.2, 0.25) is 0 Å². The van der Waals surface area contributed by atoms with Gasteiger partial charge >= 0.3 is 6.03 Å². The number of likely N-dealkylation sites (tertiary alicyclic amines) is 1. The third-order valence-electron chi connectivity index (χ3n) is 4.32. The molecule has 1 aliphatic rings. The lowest BCUT2D eigenvalue weighted by molar-refractivity contribution is 0.101. The Morgan fingerprint density at radius 3 is 2.50 bits per heavy atom. The van der Waals surface area contributed by atoms with E-state index in [2.05, 4.69) is 5.32 Å². The summed E-state index contributed by atoms with van der Waals surface area (Å²) in [5, 5.41) is 3.59. The lowest BCUT2D eigenvalue weighted by Crippen LogP contribution is -2.34. The maximum Gasteiger partial charge on any atom is 0.322 e. The Morgan fingerprint density at radius 2 is 1.83 bits per heavy atom. The molecule has 5 heteroatoms. The third kappa shape index (κ3) is 3.44. The van der Waals surface area contributed by atoms with Crippen molar-refractivity contribution in [3.63, 3.8) is 0 Å². The maximum atomic E-state index is 12.6. The van der Waals surface area contributed by atoms with Gasteiger partial charge in [-0.05, 0) is 55.7 Å². The normalized spacial score (nSPS) is 16.9. The van der Waals surface area contributed by atoms with Crippen LogP contribution in [0.4, 0.5) is 10.5 Å². The molecule has 2 aromatic carbocycles. The fourth-order valence-corrected chi connectivity index (χ4v) is 3.32. The molecular formula is C19H19ClN2O2. The van der Waals surface area contributed by atoms with Crippen LogP contribution < -0.4 is 5.32 Å². The summed E-state index contributed by atoms with van der Waals surface area (Å²) in [4.78, 5) is 25.8. The number of carbonyl (C=O) groups is 2. The summed E-state index contributed by atoms with van der Waals surface area (Å²) < 4.78 is 0. The molecule has 0 aliphatic carbocycles. The van der Waals surface area contributed by atoms with Crippen molar-refractivity contribution in [1.29, 1.82) is 0 Å². The highest BCUT2D eigenvalue weighted by atomic mass is 35.5. The molecule has 1 fully saturated rings. The van der Waals surface area contributed by atoms with E-state index in [0.29, 0.717) is 22.8 Å². The van der Waals surface area contributed by atoms with Crippen molar-refractivity contribution in [3.8, 4) is 0 Å². The van der Waals surface area contributed by atoms with E-state index >= 15 is 0 Å². The van der Waals surface area contributed by atoms with Crippen molar-refractivity contribution in [2.75, 3.05) is 11.9 Å². The van der Waals surface area contributed by atoms with Crippen molar-refractivity contribution >= 4 is 29.1 Å². The molecule has 1 saturated heterocycles. The highest BCUT2D eigenvalue weighted by molar-refractivity contribution is 6.31. The summed E-state index contributed by atoms with van der Waals surface area (Å²) in [5.41, 5.74) is 2.29. The molecule has 4 nitrogen and oxygen atoms in total. The molecular weight excluding hydrogens is 324 g/mol. The third-order valence-corrected chi connectivity index (χ3v) is 4.66. The van der Waals surface area contributed by atoms with Gasteiger partial charge < -0.3 is 10.2 Å². The van der Waals surface area contributed by atoms with Crippen LogP contribution in [0.25, 0.3) is 0 Å². The van der Waals surface area contributed by atoms with E-state index in [0.717, 1.165) is 18.4 Å². The molecule has 24 heavy (non-hydrogen) atoms. The van der Waals surface area contributed by atoms with Crippen LogP contribution in [0.1, 0.15) is 41.7 Å². The summed E-state index contributed by atoms with van der Waals surface area (Å²) in [6, 6.07) is 14.4. The van der Waals surface area contributed by atoms with E-state index in [1.54, 1.807) is 24.3 Å². The first-order valence-electron chi connectivity index (χ1n) is 7.99. The number of carbonyl (C=O) groups excluding carboxylic acids is 2. The van der Waals surface area contributed by atoms with Crippen LogP contribution in [0.2, 0.25) is 5.02 Å². The number of urea groups is 1. The Hall–Kier alpha value is -2.33. The number of hydrogen-bond acceptors (Lipinski definition) is 2. The van der Waals surface area contributed by atoms with Crippen LogP contribution in [0.3, 0.4) is 0 Å². The Balaban J connectivity index is 1.74. The minimum absolute atomic E-state index is 0.00445. The molecule has 1 atom stereocenters. The van der Waals surface area contributed by atoms with Gasteiger partial charge in [0.15, 0.2) is 5.78 Å². The van der Waals surface area contributed by atoms with E-state index in [1.165, 1.54) is 6.92 Å². The first-order chi connectivity index (χ1) is 11.6. The summed E-state index contributed by atoms with van der Waals surface area (Å²) in [7, 11) is 0. The molecule has 1 N–H and O–H groups in total. The minimum atomic E-state index is -0.145. The largest absolute Gasteiger partial charge is 0.322 e. The van der Waals surface area contributed by atoms with Crippen molar-refractivity contribution < 1.29 is 9.59 Å². The second kappa shape index (κ2) is 7.05.